The van der Waals surface area contributed by atoms with E-state index in [0.717, 1.165) is 39.1 Å². The number of ether oxygens (including phenoxy) is 3. The van der Waals surface area contributed by atoms with Gasteiger partial charge in [-0.3, -0.25) is 4.79 Å². The van der Waals surface area contributed by atoms with Crippen molar-refractivity contribution in [2.75, 3.05) is 40.1 Å². The fourth-order valence-electron chi connectivity index (χ4n) is 8.80. The molecule has 1 amide bonds. The van der Waals surface area contributed by atoms with Crippen LogP contribution in [0.1, 0.15) is 108 Å². The van der Waals surface area contributed by atoms with Crippen LogP contribution in [-0.4, -0.2) is 66.7 Å². The average molecular weight is 922 g/mol. The molecule has 0 aliphatic carbocycles. The SMILES string of the molecule is CCO[Si](CCCNC(=O)OCCCC(C)(c1ccc(OC(=O)c2ccc(C(c3ccccc3)(c3ccccc3)c3ccc(OC)cc3)cc2)cc1)c1ccc(C(C)=O)cc1)(OCC)OCC. The van der Waals surface area contributed by atoms with Gasteiger partial charge in [-0.2, -0.15) is 0 Å². The molecule has 0 aliphatic heterocycles. The van der Waals surface area contributed by atoms with E-state index in [0.29, 0.717) is 68.5 Å². The maximum absolute atomic E-state index is 13.8. The molecule has 10 nitrogen and oxygen atoms in total. The summed E-state index contributed by atoms with van der Waals surface area (Å²) in [6, 6.07) is 52.2. The van der Waals surface area contributed by atoms with Gasteiger partial charge in [0, 0.05) is 43.4 Å². The molecule has 0 saturated carbocycles. The second-order valence-electron chi connectivity index (χ2n) is 16.4. The molecule has 0 spiro atoms. The van der Waals surface area contributed by atoms with Crippen LogP contribution in [0.15, 0.2) is 158 Å². The lowest BCUT2D eigenvalue weighted by molar-refractivity contribution is 0.0704. The Kier molecular flexibility index (Phi) is 17.8. The molecule has 6 rings (SSSR count). The molecule has 1 atom stereocenters. The Balaban J connectivity index is 1.15. The summed E-state index contributed by atoms with van der Waals surface area (Å²) < 4.78 is 34.9. The summed E-state index contributed by atoms with van der Waals surface area (Å²) in [6.45, 7) is 11.5. The maximum atomic E-state index is 13.8. The van der Waals surface area contributed by atoms with E-state index in [1.54, 1.807) is 26.2 Å². The van der Waals surface area contributed by atoms with Crippen molar-refractivity contribution in [1.82, 2.24) is 5.32 Å². The molecule has 0 aliphatic rings. The third-order valence-corrected chi connectivity index (χ3v) is 15.3. The van der Waals surface area contributed by atoms with Crippen molar-refractivity contribution in [3.63, 3.8) is 0 Å². The van der Waals surface area contributed by atoms with Gasteiger partial charge in [0.05, 0.1) is 24.7 Å². The van der Waals surface area contributed by atoms with Crippen LogP contribution in [0.25, 0.3) is 0 Å². The molecule has 0 aromatic heterocycles. The number of nitrogens with one attached hydrogen (secondary N) is 1. The van der Waals surface area contributed by atoms with Crippen molar-refractivity contribution in [2.45, 2.75) is 70.8 Å². The van der Waals surface area contributed by atoms with Gasteiger partial charge >= 0.3 is 20.9 Å². The minimum Gasteiger partial charge on any atom is -0.497 e. The number of carbonyl (C=O) groups is 3. The molecule has 67 heavy (non-hydrogen) atoms. The Morgan fingerprint density at radius 1 is 0.552 bits per heavy atom. The number of alkyl carbamates (subject to hydrolysis) is 1. The summed E-state index contributed by atoms with van der Waals surface area (Å²) in [4.78, 5) is 38.6. The Labute approximate surface area is 396 Å². The largest absolute Gasteiger partial charge is 0.500 e. The van der Waals surface area contributed by atoms with Gasteiger partial charge in [-0.15, -0.1) is 0 Å². The molecule has 6 aromatic rings. The summed E-state index contributed by atoms with van der Waals surface area (Å²) in [5.74, 6) is 0.668. The van der Waals surface area contributed by atoms with E-state index in [2.05, 4.69) is 48.6 Å². The van der Waals surface area contributed by atoms with Gasteiger partial charge in [0.2, 0.25) is 0 Å². The van der Waals surface area contributed by atoms with Crippen molar-refractivity contribution in [1.29, 1.82) is 0 Å². The van der Waals surface area contributed by atoms with Crippen molar-refractivity contribution in [2.24, 2.45) is 0 Å². The van der Waals surface area contributed by atoms with Crippen LogP contribution in [0.3, 0.4) is 0 Å². The van der Waals surface area contributed by atoms with Crippen molar-refractivity contribution >= 4 is 26.7 Å². The highest BCUT2D eigenvalue weighted by atomic mass is 28.4. The van der Waals surface area contributed by atoms with Crippen LogP contribution in [0.5, 0.6) is 11.5 Å². The van der Waals surface area contributed by atoms with Crippen LogP contribution in [0.4, 0.5) is 4.79 Å². The molecule has 6 aromatic carbocycles. The van der Waals surface area contributed by atoms with Gasteiger partial charge < -0.3 is 32.8 Å². The number of carbonyl (C=O) groups excluding carboxylic acids is 3. The second-order valence-corrected chi connectivity index (χ2v) is 19.2. The summed E-state index contributed by atoms with van der Waals surface area (Å²) in [5, 5.41) is 2.84. The Morgan fingerprint density at radius 3 is 1.49 bits per heavy atom. The van der Waals surface area contributed by atoms with Crippen LogP contribution in [0, 0.1) is 0 Å². The van der Waals surface area contributed by atoms with E-state index < -0.39 is 31.7 Å². The molecule has 1 unspecified atom stereocenters. The highest BCUT2D eigenvalue weighted by Crippen LogP contribution is 2.45. The zero-order valence-electron chi connectivity index (χ0n) is 39.5. The number of hydrogen-bond donors (Lipinski definition) is 1. The number of methoxy groups -OCH3 is 1. The molecular weight excluding hydrogens is 859 g/mol. The van der Waals surface area contributed by atoms with Crippen molar-refractivity contribution in [3.8, 4) is 11.5 Å². The third kappa shape index (κ3) is 12.2. The van der Waals surface area contributed by atoms with Crippen LogP contribution >= 0.6 is 0 Å². The number of amides is 1. The lowest BCUT2D eigenvalue weighted by Gasteiger charge is -2.37. The summed E-state index contributed by atoms with van der Waals surface area (Å²) in [5.41, 5.74) is 5.96. The normalized spacial score (nSPS) is 12.4. The summed E-state index contributed by atoms with van der Waals surface area (Å²) in [7, 11) is -1.14. The molecule has 0 radical (unpaired) electrons. The summed E-state index contributed by atoms with van der Waals surface area (Å²) in [6.07, 6.45) is 1.33. The minimum absolute atomic E-state index is 0.0147. The number of hydrogen-bond acceptors (Lipinski definition) is 9. The third-order valence-electron chi connectivity index (χ3n) is 12.2. The monoisotopic (exact) mass is 921 g/mol. The second kappa shape index (κ2) is 23.9. The van der Waals surface area contributed by atoms with Gasteiger partial charge in [0.25, 0.3) is 0 Å². The topological polar surface area (TPSA) is 119 Å². The van der Waals surface area contributed by atoms with Crippen LogP contribution in [-0.2, 0) is 28.8 Å². The first-order chi connectivity index (χ1) is 32.5. The fourth-order valence-corrected chi connectivity index (χ4v) is 11.4. The first-order valence-corrected chi connectivity index (χ1v) is 25.1. The number of ketones is 1. The van der Waals surface area contributed by atoms with Gasteiger partial charge in [0.15, 0.2) is 5.78 Å². The Hall–Kier alpha value is -6.37. The number of Topliss-reactive ketones (excluding diaryl/α,β-unsaturated/α-hetero) is 1. The molecule has 0 fully saturated rings. The van der Waals surface area contributed by atoms with E-state index in [9.17, 15) is 14.4 Å². The smallest absolute Gasteiger partial charge is 0.497 e. The predicted molar refractivity (Wildman–Crippen MR) is 264 cm³/mol. The molecule has 0 bridgehead atoms. The predicted octanol–water partition coefficient (Wildman–Crippen LogP) is 11.8. The van der Waals surface area contributed by atoms with Gasteiger partial charge in [-0.25, -0.2) is 9.59 Å². The van der Waals surface area contributed by atoms with E-state index in [1.807, 2.05) is 130 Å². The van der Waals surface area contributed by atoms with Crippen LogP contribution < -0.4 is 14.8 Å². The first kappa shape index (κ1) is 50.0. The molecule has 11 heteroatoms. The zero-order valence-corrected chi connectivity index (χ0v) is 40.5. The van der Waals surface area contributed by atoms with Gasteiger partial charge in [-0.1, -0.05) is 128 Å². The average Bonchev–Trinajstić information content (AvgIpc) is 3.36. The standard InChI is InChI=1S/C56H63NO9Si/c1-7-63-67(64-8-2,65-9-3)41-17-39-57-54(60)62-40-16-38-55(5,45-26-22-43(23-27-45)42(4)58)46-30-36-52(37-31-46)66-53(59)44-24-28-49(29-25-44)56(47-18-12-10-13-19-47,48-20-14-11-15-21-48)50-32-34-51(61-6)35-33-50/h10-15,18-37H,7-9,16-17,38-41H2,1-6H3,(H,57,60). The lowest BCUT2D eigenvalue weighted by Crippen LogP contribution is -2.46. The van der Waals surface area contributed by atoms with E-state index in [-0.39, 0.29) is 12.4 Å². The van der Waals surface area contributed by atoms with E-state index >= 15 is 0 Å². The Morgan fingerprint density at radius 2 is 1.00 bits per heavy atom. The number of benzene rings is 6. The van der Waals surface area contributed by atoms with Gasteiger partial charge in [0.1, 0.15) is 11.5 Å². The van der Waals surface area contributed by atoms with Crippen molar-refractivity contribution in [3.05, 3.63) is 202 Å². The molecular formula is C56H63NO9Si. The van der Waals surface area contributed by atoms with Crippen molar-refractivity contribution < 1.29 is 41.9 Å². The summed E-state index contributed by atoms with van der Waals surface area (Å²) >= 11 is 0. The number of rotatable bonds is 24. The van der Waals surface area contributed by atoms with E-state index in [1.165, 1.54) is 0 Å². The molecule has 0 heterocycles. The van der Waals surface area contributed by atoms with Gasteiger partial charge in [-0.05, 0) is 117 Å². The number of esters is 1. The quantitative estimate of drug-likeness (QED) is 0.0158. The highest BCUT2D eigenvalue weighted by molar-refractivity contribution is 6.60. The van der Waals surface area contributed by atoms with Crippen LogP contribution in [0.2, 0.25) is 6.04 Å². The fraction of sp³-hybridized carbons (Fsp3) is 0.304. The highest BCUT2D eigenvalue weighted by Gasteiger charge is 2.40. The Bertz CT molecular complexity index is 2420. The minimum atomic E-state index is -2.80. The lowest BCUT2D eigenvalue weighted by atomic mass is 9.65. The molecule has 0 saturated heterocycles. The zero-order chi connectivity index (χ0) is 47.7. The molecule has 350 valence electrons. The molecule has 1 N–H and O–H groups in total. The van der Waals surface area contributed by atoms with E-state index in [4.69, 9.17) is 27.5 Å². The maximum Gasteiger partial charge on any atom is 0.500 e. The first-order valence-electron chi connectivity index (χ1n) is 23.1.